The molecular weight excluding hydrogens is 378 g/mol. The standard InChI is InChI=1S/C20H29N3O4S/c1-21(2)20(24)14-22-8-5-16-12-23(13-17(16)6-9-22)28(25,26)18-3-4-19-15(11-18)7-10-27-19/h3-4,11,16-17H,5-10,12-14H2,1-2H3/t16-,17+. The fraction of sp³-hybridized carbons (Fsp3) is 0.650. The number of amides is 1. The lowest BCUT2D eigenvalue weighted by Gasteiger charge is -2.23. The second-order valence-corrected chi connectivity index (χ2v) is 10.3. The lowest BCUT2D eigenvalue weighted by molar-refractivity contribution is -0.129. The molecule has 7 nitrogen and oxygen atoms in total. The second-order valence-electron chi connectivity index (χ2n) is 8.35. The highest BCUT2D eigenvalue weighted by Crippen LogP contribution is 2.36. The van der Waals surface area contributed by atoms with E-state index in [1.165, 1.54) is 0 Å². The molecule has 3 heterocycles. The van der Waals surface area contributed by atoms with E-state index >= 15 is 0 Å². The molecule has 0 radical (unpaired) electrons. The molecule has 0 aromatic heterocycles. The zero-order valence-corrected chi connectivity index (χ0v) is 17.5. The summed E-state index contributed by atoms with van der Waals surface area (Å²) in [5.41, 5.74) is 0.982. The van der Waals surface area contributed by atoms with E-state index in [-0.39, 0.29) is 5.91 Å². The smallest absolute Gasteiger partial charge is 0.243 e. The van der Waals surface area contributed by atoms with E-state index in [9.17, 15) is 13.2 Å². The fourth-order valence-electron chi connectivity index (χ4n) is 4.52. The van der Waals surface area contributed by atoms with Crippen LogP contribution in [0.3, 0.4) is 0 Å². The van der Waals surface area contributed by atoms with Crippen LogP contribution in [0.2, 0.25) is 0 Å². The van der Waals surface area contributed by atoms with E-state index in [0.717, 1.165) is 43.7 Å². The first-order valence-corrected chi connectivity index (χ1v) is 11.5. The Labute approximate surface area is 167 Å². The maximum absolute atomic E-state index is 13.2. The van der Waals surface area contributed by atoms with Crippen LogP contribution in [0.4, 0.5) is 0 Å². The number of hydrogen-bond donors (Lipinski definition) is 0. The van der Waals surface area contributed by atoms with Gasteiger partial charge in [-0.2, -0.15) is 4.31 Å². The maximum Gasteiger partial charge on any atom is 0.243 e. The van der Waals surface area contributed by atoms with Gasteiger partial charge in [0.1, 0.15) is 5.75 Å². The topological polar surface area (TPSA) is 70.2 Å². The number of carbonyl (C=O) groups excluding carboxylic acids is 1. The third-order valence-electron chi connectivity index (χ3n) is 6.33. The van der Waals surface area contributed by atoms with E-state index in [1.807, 2.05) is 0 Å². The van der Waals surface area contributed by atoms with Crippen molar-refractivity contribution in [1.82, 2.24) is 14.1 Å². The van der Waals surface area contributed by atoms with E-state index in [4.69, 9.17) is 4.74 Å². The predicted molar refractivity (Wildman–Crippen MR) is 106 cm³/mol. The molecule has 8 heteroatoms. The Morgan fingerprint density at radius 3 is 2.50 bits per heavy atom. The first-order chi connectivity index (χ1) is 13.3. The Kier molecular flexibility index (Phi) is 5.37. The summed E-state index contributed by atoms with van der Waals surface area (Å²) in [7, 11) is 0.0902. The molecule has 0 aliphatic carbocycles. The highest BCUT2D eigenvalue weighted by molar-refractivity contribution is 7.89. The number of rotatable bonds is 4. The minimum absolute atomic E-state index is 0.122. The van der Waals surface area contributed by atoms with Crippen molar-refractivity contribution in [3.05, 3.63) is 23.8 Å². The number of ether oxygens (including phenoxy) is 1. The van der Waals surface area contributed by atoms with Gasteiger partial charge in [-0.1, -0.05) is 0 Å². The first-order valence-electron chi connectivity index (χ1n) is 10.0. The molecule has 1 amide bonds. The summed E-state index contributed by atoms with van der Waals surface area (Å²) in [6.45, 7) is 3.94. The molecule has 154 valence electrons. The van der Waals surface area contributed by atoms with Crippen molar-refractivity contribution in [2.75, 3.05) is 53.4 Å². The third-order valence-corrected chi connectivity index (χ3v) is 8.16. The Hall–Kier alpha value is -1.64. The Morgan fingerprint density at radius 1 is 1.18 bits per heavy atom. The molecule has 2 fully saturated rings. The lowest BCUT2D eigenvalue weighted by atomic mass is 9.92. The van der Waals surface area contributed by atoms with Crippen LogP contribution in [0, 0.1) is 11.8 Å². The Bertz CT molecular complexity index is 839. The Morgan fingerprint density at radius 2 is 1.86 bits per heavy atom. The van der Waals surface area contributed by atoms with Gasteiger partial charge in [-0.05, 0) is 61.5 Å². The minimum atomic E-state index is -3.47. The zero-order valence-electron chi connectivity index (χ0n) is 16.6. The monoisotopic (exact) mass is 407 g/mol. The van der Waals surface area contributed by atoms with Crippen molar-refractivity contribution in [3.8, 4) is 5.75 Å². The van der Waals surface area contributed by atoms with Crippen molar-refractivity contribution >= 4 is 15.9 Å². The normalized spacial score (nSPS) is 25.6. The molecule has 2 saturated heterocycles. The average molecular weight is 408 g/mol. The molecule has 28 heavy (non-hydrogen) atoms. The number of hydrogen-bond acceptors (Lipinski definition) is 5. The SMILES string of the molecule is CN(C)C(=O)CN1CC[C@@H]2CN(S(=O)(=O)c3ccc4c(c3)CCO4)C[C@@H]2CC1. The number of likely N-dealkylation sites (tertiary alicyclic amines) is 1. The number of carbonyl (C=O) groups is 1. The van der Waals surface area contributed by atoms with Crippen molar-refractivity contribution in [3.63, 3.8) is 0 Å². The molecule has 0 spiro atoms. The first kappa shape index (κ1) is 19.7. The van der Waals surface area contributed by atoms with Crippen LogP contribution in [0.15, 0.2) is 23.1 Å². The number of nitrogens with zero attached hydrogens (tertiary/aromatic N) is 3. The molecule has 1 aromatic carbocycles. The van der Waals surface area contributed by atoms with Gasteiger partial charge in [-0.25, -0.2) is 8.42 Å². The predicted octanol–water partition coefficient (Wildman–Crippen LogP) is 1.04. The zero-order chi connectivity index (χ0) is 19.9. The largest absolute Gasteiger partial charge is 0.493 e. The van der Waals surface area contributed by atoms with Crippen LogP contribution in [-0.4, -0.2) is 81.9 Å². The van der Waals surface area contributed by atoms with Crippen LogP contribution >= 0.6 is 0 Å². The number of sulfonamides is 1. The molecule has 1 aromatic rings. The molecule has 0 unspecified atom stereocenters. The van der Waals surface area contributed by atoms with Crippen LogP contribution in [0.1, 0.15) is 18.4 Å². The van der Waals surface area contributed by atoms with Crippen molar-refractivity contribution in [2.24, 2.45) is 11.8 Å². The van der Waals surface area contributed by atoms with E-state index < -0.39 is 10.0 Å². The number of likely N-dealkylation sites (N-methyl/N-ethyl adjacent to an activating group) is 1. The molecular formula is C20H29N3O4S. The van der Waals surface area contributed by atoms with E-state index in [1.54, 1.807) is 41.5 Å². The number of fused-ring (bicyclic) bond motifs is 2. The van der Waals surface area contributed by atoms with Gasteiger partial charge >= 0.3 is 0 Å². The molecule has 2 atom stereocenters. The van der Waals surface area contributed by atoms with Gasteiger partial charge in [0.2, 0.25) is 15.9 Å². The molecule has 0 N–H and O–H groups in total. The second kappa shape index (κ2) is 7.65. The van der Waals surface area contributed by atoms with Gasteiger partial charge in [-0.3, -0.25) is 9.69 Å². The molecule has 0 saturated carbocycles. The summed E-state index contributed by atoms with van der Waals surface area (Å²) in [5, 5.41) is 0. The van der Waals surface area contributed by atoms with Crippen molar-refractivity contribution in [1.29, 1.82) is 0 Å². The summed E-state index contributed by atoms with van der Waals surface area (Å²) in [4.78, 5) is 16.2. The number of benzene rings is 1. The van der Waals surface area contributed by atoms with Gasteiger partial charge in [0.25, 0.3) is 0 Å². The highest BCUT2D eigenvalue weighted by atomic mass is 32.2. The van der Waals surface area contributed by atoms with Crippen molar-refractivity contribution in [2.45, 2.75) is 24.2 Å². The van der Waals surface area contributed by atoms with E-state index in [0.29, 0.717) is 43.0 Å². The van der Waals surface area contributed by atoms with E-state index in [2.05, 4.69) is 4.90 Å². The fourth-order valence-corrected chi connectivity index (χ4v) is 6.12. The summed E-state index contributed by atoms with van der Waals surface area (Å²) in [5.74, 6) is 1.66. The molecule has 3 aliphatic rings. The van der Waals surface area contributed by atoms with Gasteiger partial charge in [0.15, 0.2) is 0 Å². The van der Waals surface area contributed by atoms with Crippen LogP contribution < -0.4 is 4.74 Å². The molecule has 4 rings (SSSR count). The van der Waals surface area contributed by atoms with Gasteiger partial charge in [-0.15, -0.1) is 0 Å². The summed E-state index contributed by atoms with van der Waals surface area (Å²) < 4.78 is 33.5. The summed E-state index contributed by atoms with van der Waals surface area (Å²) in [6, 6.07) is 5.23. The highest BCUT2D eigenvalue weighted by Gasteiger charge is 2.40. The average Bonchev–Trinajstić information content (AvgIpc) is 3.26. The van der Waals surface area contributed by atoms with Crippen LogP contribution in [0.5, 0.6) is 5.75 Å². The van der Waals surface area contributed by atoms with Gasteiger partial charge < -0.3 is 9.64 Å². The van der Waals surface area contributed by atoms with Crippen LogP contribution in [0.25, 0.3) is 0 Å². The van der Waals surface area contributed by atoms with Crippen LogP contribution in [-0.2, 0) is 21.2 Å². The minimum Gasteiger partial charge on any atom is -0.493 e. The lowest BCUT2D eigenvalue weighted by Crippen LogP contribution is -2.37. The summed E-state index contributed by atoms with van der Waals surface area (Å²) >= 11 is 0. The molecule has 0 bridgehead atoms. The third kappa shape index (κ3) is 3.77. The van der Waals surface area contributed by atoms with Gasteiger partial charge in [0, 0.05) is 33.6 Å². The van der Waals surface area contributed by atoms with Crippen molar-refractivity contribution < 1.29 is 17.9 Å². The quantitative estimate of drug-likeness (QED) is 0.746. The molecule has 3 aliphatic heterocycles. The Balaban J connectivity index is 1.41. The summed E-state index contributed by atoms with van der Waals surface area (Å²) in [6.07, 6.45) is 2.65. The van der Waals surface area contributed by atoms with Gasteiger partial charge in [0.05, 0.1) is 18.0 Å². The maximum atomic E-state index is 13.2.